The van der Waals surface area contributed by atoms with Crippen LogP contribution in [0, 0.1) is 0 Å². The highest BCUT2D eigenvalue weighted by Crippen LogP contribution is 2.28. The molecular weight excluding hydrogens is 283 g/mol. The summed E-state index contributed by atoms with van der Waals surface area (Å²) in [6.45, 7) is 2.02. The van der Waals surface area contributed by atoms with Crippen molar-refractivity contribution < 1.29 is 4.74 Å². The number of ether oxygens (including phenoxy) is 1. The Morgan fingerprint density at radius 2 is 1.84 bits per heavy atom. The van der Waals surface area contributed by atoms with Gasteiger partial charge in [0, 0.05) is 16.1 Å². The molecule has 0 saturated heterocycles. The van der Waals surface area contributed by atoms with E-state index in [0.29, 0.717) is 21.5 Å². The van der Waals surface area contributed by atoms with Gasteiger partial charge in [0.05, 0.1) is 11.9 Å². The molecule has 1 aromatic carbocycles. The van der Waals surface area contributed by atoms with Crippen molar-refractivity contribution in [3.05, 3.63) is 52.3 Å². The molecule has 0 amide bonds. The van der Waals surface area contributed by atoms with E-state index >= 15 is 0 Å². The van der Waals surface area contributed by atoms with Crippen molar-refractivity contribution in [3.8, 4) is 11.5 Å². The first-order valence-corrected chi connectivity index (χ1v) is 6.69. The zero-order chi connectivity index (χ0) is 13.8. The molecule has 1 aromatic heterocycles. The van der Waals surface area contributed by atoms with E-state index in [1.54, 1.807) is 24.4 Å². The average molecular weight is 297 g/mol. The monoisotopic (exact) mass is 296 g/mol. The molecule has 1 unspecified atom stereocenters. The minimum Gasteiger partial charge on any atom is -0.456 e. The van der Waals surface area contributed by atoms with Gasteiger partial charge in [-0.15, -0.1) is 0 Å². The Kier molecular flexibility index (Phi) is 4.64. The van der Waals surface area contributed by atoms with Crippen molar-refractivity contribution in [2.24, 2.45) is 5.73 Å². The second-order valence-corrected chi connectivity index (χ2v) is 5.01. The zero-order valence-corrected chi connectivity index (χ0v) is 11.9. The largest absolute Gasteiger partial charge is 0.456 e. The van der Waals surface area contributed by atoms with Crippen molar-refractivity contribution in [2.75, 3.05) is 0 Å². The molecule has 3 nitrogen and oxygen atoms in total. The smallest absolute Gasteiger partial charge is 0.145 e. The molecule has 0 radical (unpaired) electrons. The van der Waals surface area contributed by atoms with Crippen LogP contribution in [-0.4, -0.2) is 4.98 Å². The average Bonchev–Trinajstić information content (AvgIpc) is 2.37. The lowest BCUT2D eigenvalue weighted by atomic mass is 10.1. The minimum atomic E-state index is -0.0466. The number of aromatic nitrogens is 1. The Hall–Kier alpha value is -1.29. The van der Waals surface area contributed by atoms with Crippen molar-refractivity contribution >= 4 is 23.2 Å². The molecule has 1 heterocycles. The second kappa shape index (κ2) is 6.24. The van der Waals surface area contributed by atoms with Crippen molar-refractivity contribution in [1.29, 1.82) is 0 Å². The van der Waals surface area contributed by atoms with Crippen LogP contribution >= 0.6 is 23.2 Å². The third kappa shape index (κ3) is 3.83. The van der Waals surface area contributed by atoms with E-state index in [2.05, 4.69) is 4.98 Å². The summed E-state index contributed by atoms with van der Waals surface area (Å²) in [6, 6.07) is 8.67. The first kappa shape index (κ1) is 14.1. The van der Waals surface area contributed by atoms with Crippen LogP contribution in [0.15, 0.2) is 36.5 Å². The number of nitrogens with zero attached hydrogens (tertiary/aromatic N) is 1. The van der Waals surface area contributed by atoms with E-state index in [1.165, 1.54) is 0 Å². The Balaban J connectivity index is 2.15. The first-order chi connectivity index (χ1) is 9.08. The summed E-state index contributed by atoms with van der Waals surface area (Å²) in [5.74, 6) is 1.19. The molecule has 100 valence electrons. The van der Waals surface area contributed by atoms with E-state index in [1.807, 2.05) is 19.1 Å². The topological polar surface area (TPSA) is 48.1 Å². The highest BCUT2D eigenvalue weighted by Gasteiger charge is 2.06. The van der Waals surface area contributed by atoms with Crippen LogP contribution < -0.4 is 10.5 Å². The highest BCUT2D eigenvalue weighted by atomic mass is 35.5. The molecule has 0 fully saturated rings. The summed E-state index contributed by atoms with van der Waals surface area (Å²) in [4.78, 5) is 4.27. The lowest BCUT2D eigenvalue weighted by Gasteiger charge is -2.10. The van der Waals surface area contributed by atoms with Crippen LogP contribution in [0.1, 0.15) is 25.1 Å². The third-order valence-corrected chi connectivity index (χ3v) is 3.09. The predicted molar refractivity (Wildman–Crippen MR) is 78.0 cm³/mol. The number of halogens is 2. The molecule has 2 rings (SSSR count). The predicted octanol–water partition coefficient (Wildman–Crippen LogP) is 4.59. The number of nitrogens with two attached hydrogens (primary N) is 1. The number of hydrogen-bond acceptors (Lipinski definition) is 3. The maximum atomic E-state index is 5.91. The molecule has 2 N–H and O–H groups in total. The molecule has 19 heavy (non-hydrogen) atoms. The summed E-state index contributed by atoms with van der Waals surface area (Å²) in [6.07, 6.45) is 2.48. The second-order valence-electron chi connectivity index (χ2n) is 4.14. The molecule has 1 atom stereocenters. The van der Waals surface area contributed by atoms with Gasteiger partial charge in [0.2, 0.25) is 0 Å². The molecule has 5 heteroatoms. The number of hydrogen-bond donors (Lipinski definition) is 1. The van der Waals surface area contributed by atoms with E-state index < -0.39 is 0 Å². The fourth-order valence-corrected chi connectivity index (χ4v) is 2.11. The van der Waals surface area contributed by atoms with Gasteiger partial charge in [-0.25, -0.2) is 0 Å². The van der Waals surface area contributed by atoms with Crippen molar-refractivity contribution in [2.45, 2.75) is 19.4 Å². The Bertz CT molecular complexity index is 538. The Labute approximate surface area is 122 Å². The van der Waals surface area contributed by atoms with E-state index in [-0.39, 0.29) is 6.04 Å². The van der Waals surface area contributed by atoms with Crippen LogP contribution in [-0.2, 0) is 0 Å². The number of benzene rings is 1. The molecule has 0 spiro atoms. The lowest BCUT2D eigenvalue weighted by molar-refractivity contribution is 0.479. The zero-order valence-electron chi connectivity index (χ0n) is 10.4. The standard InChI is InChI=1S/C14H14Cl2N2O/c1-2-13(17)14-4-3-11(8-18-14)19-12-6-9(15)5-10(16)7-12/h3-8,13H,2,17H2,1H3. The fourth-order valence-electron chi connectivity index (χ4n) is 1.60. The third-order valence-electron chi connectivity index (χ3n) is 2.65. The van der Waals surface area contributed by atoms with Crippen LogP contribution in [0.3, 0.4) is 0 Å². The minimum absolute atomic E-state index is 0.0466. The van der Waals surface area contributed by atoms with Crippen LogP contribution in [0.25, 0.3) is 0 Å². The fraction of sp³-hybridized carbons (Fsp3) is 0.214. The lowest BCUT2D eigenvalue weighted by Crippen LogP contribution is -2.10. The van der Waals surface area contributed by atoms with Gasteiger partial charge in [-0.05, 0) is 36.8 Å². The molecule has 0 bridgehead atoms. The van der Waals surface area contributed by atoms with Crippen LogP contribution in [0.5, 0.6) is 11.5 Å². The highest BCUT2D eigenvalue weighted by molar-refractivity contribution is 6.34. The molecule has 0 aliphatic carbocycles. The van der Waals surface area contributed by atoms with Crippen molar-refractivity contribution in [1.82, 2.24) is 4.98 Å². The molecular formula is C14H14Cl2N2O. The van der Waals surface area contributed by atoms with Gasteiger partial charge < -0.3 is 10.5 Å². The van der Waals surface area contributed by atoms with E-state index in [0.717, 1.165) is 12.1 Å². The number of pyridine rings is 1. The maximum absolute atomic E-state index is 5.91. The Morgan fingerprint density at radius 1 is 1.16 bits per heavy atom. The van der Waals surface area contributed by atoms with Gasteiger partial charge in [0.25, 0.3) is 0 Å². The van der Waals surface area contributed by atoms with Gasteiger partial charge in [-0.3, -0.25) is 4.98 Å². The molecule has 0 aliphatic rings. The Morgan fingerprint density at radius 3 is 2.37 bits per heavy atom. The van der Waals surface area contributed by atoms with Crippen molar-refractivity contribution in [3.63, 3.8) is 0 Å². The van der Waals surface area contributed by atoms with Gasteiger partial charge in [0.15, 0.2) is 0 Å². The quantitative estimate of drug-likeness (QED) is 0.897. The van der Waals surface area contributed by atoms with Gasteiger partial charge in [-0.2, -0.15) is 0 Å². The summed E-state index contributed by atoms with van der Waals surface area (Å²) >= 11 is 11.8. The summed E-state index contributed by atoms with van der Waals surface area (Å²) < 4.78 is 5.64. The van der Waals surface area contributed by atoms with E-state index in [9.17, 15) is 0 Å². The molecule has 2 aromatic rings. The normalized spacial score (nSPS) is 12.2. The summed E-state index contributed by atoms with van der Waals surface area (Å²) in [7, 11) is 0. The summed E-state index contributed by atoms with van der Waals surface area (Å²) in [5, 5.41) is 1.06. The molecule has 0 saturated carbocycles. The van der Waals surface area contributed by atoms with Gasteiger partial charge >= 0.3 is 0 Å². The SMILES string of the molecule is CCC(N)c1ccc(Oc2cc(Cl)cc(Cl)c2)cn1. The molecule has 0 aliphatic heterocycles. The summed E-state index contributed by atoms with van der Waals surface area (Å²) in [5.41, 5.74) is 6.74. The van der Waals surface area contributed by atoms with Crippen LogP contribution in [0.4, 0.5) is 0 Å². The number of rotatable bonds is 4. The van der Waals surface area contributed by atoms with E-state index in [4.69, 9.17) is 33.7 Å². The maximum Gasteiger partial charge on any atom is 0.145 e. The van der Waals surface area contributed by atoms with Gasteiger partial charge in [0.1, 0.15) is 11.5 Å². The van der Waals surface area contributed by atoms with Gasteiger partial charge in [-0.1, -0.05) is 30.1 Å². The first-order valence-electron chi connectivity index (χ1n) is 5.94. The van der Waals surface area contributed by atoms with Crippen LogP contribution in [0.2, 0.25) is 10.0 Å².